The predicted octanol–water partition coefficient (Wildman–Crippen LogP) is 4.01. The number of halogens is 2. The van der Waals surface area contributed by atoms with Crippen molar-refractivity contribution in [3.05, 3.63) is 51.5 Å². The van der Waals surface area contributed by atoms with Gasteiger partial charge in [0.05, 0.1) is 31.5 Å². The molecule has 7 heteroatoms. The van der Waals surface area contributed by atoms with E-state index in [1.807, 2.05) is 17.0 Å². The quantitative estimate of drug-likeness (QED) is 0.832. The number of amides is 1. The van der Waals surface area contributed by atoms with Crippen molar-refractivity contribution in [2.75, 3.05) is 32.6 Å². The molecule has 3 rings (SSSR count). The average molecular weight is 395 g/mol. The third-order valence-corrected chi connectivity index (χ3v) is 4.98. The number of methoxy groups -OCH3 is 2. The Morgan fingerprint density at radius 2 is 1.81 bits per heavy atom. The first-order valence-corrected chi connectivity index (χ1v) is 8.98. The van der Waals surface area contributed by atoms with Gasteiger partial charge in [-0.15, -0.1) is 0 Å². The molecular weight excluding hydrogens is 375 g/mol. The SMILES string of the molecule is COc1cc2c(cc1OC)CN(C(=O)CNc1ccc(Cl)cc1Cl)CC2. The Hall–Kier alpha value is -2.11. The van der Waals surface area contributed by atoms with E-state index < -0.39 is 0 Å². The standard InChI is InChI=1S/C19H20Cl2N2O3/c1-25-17-7-12-5-6-23(11-13(12)8-18(17)26-2)19(24)10-22-16-4-3-14(20)9-15(16)21/h3-4,7-9,22H,5-6,10-11H2,1-2H3. The first kappa shape index (κ1) is 18.7. The summed E-state index contributed by atoms with van der Waals surface area (Å²) in [4.78, 5) is 14.4. The van der Waals surface area contributed by atoms with Crippen LogP contribution in [0.15, 0.2) is 30.3 Å². The normalized spacial score (nSPS) is 13.2. The monoisotopic (exact) mass is 394 g/mol. The molecular formula is C19H20Cl2N2O3. The maximum atomic E-state index is 12.6. The van der Waals surface area contributed by atoms with Gasteiger partial charge in [-0.2, -0.15) is 0 Å². The lowest BCUT2D eigenvalue weighted by Gasteiger charge is -2.30. The van der Waals surface area contributed by atoms with Crippen LogP contribution in [0.4, 0.5) is 5.69 Å². The number of carbonyl (C=O) groups is 1. The van der Waals surface area contributed by atoms with Crippen LogP contribution in [-0.2, 0) is 17.8 Å². The zero-order valence-electron chi connectivity index (χ0n) is 14.6. The Morgan fingerprint density at radius 1 is 1.12 bits per heavy atom. The number of ether oxygens (including phenoxy) is 2. The lowest BCUT2D eigenvalue weighted by Crippen LogP contribution is -2.39. The number of hydrogen-bond acceptors (Lipinski definition) is 4. The third-order valence-electron chi connectivity index (χ3n) is 4.43. The summed E-state index contributed by atoms with van der Waals surface area (Å²) in [5.41, 5.74) is 2.94. The van der Waals surface area contributed by atoms with Gasteiger partial charge in [0.1, 0.15) is 0 Å². The fourth-order valence-electron chi connectivity index (χ4n) is 3.01. The lowest BCUT2D eigenvalue weighted by molar-refractivity contribution is -0.130. The van der Waals surface area contributed by atoms with Gasteiger partial charge in [0.25, 0.3) is 0 Å². The maximum Gasteiger partial charge on any atom is 0.242 e. The fourth-order valence-corrected chi connectivity index (χ4v) is 3.49. The summed E-state index contributed by atoms with van der Waals surface area (Å²) in [5.74, 6) is 1.40. The Balaban J connectivity index is 1.67. The smallest absolute Gasteiger partial charge is 0.242 e. The van der Waals surface area contributed by atoms with E-state index in [1.165, 1.54) is 5.56 Å². The lowest BCUT2D eigenvalue weighted by atomic mass is 9.98. The molecule has 0 aromatic heterocycles. The van der Waals surface area contributed by atoms with Gasteiger partial charge < -0.3 is 19.7 Å². The first-order chi connectivity index (χ1) is 12.5. The van der Waals surface area contributed by atoms with E-state index in [0.717, 1.165) is 12.0 Å². The molecule has 138 valence electrons. The van der Waals surface area contributed by atoms with Crippen molar-refractivity contribution in [2.24, 2.45) is 0 Å². The molecule has 0 atom stereocenters. The highest BCUT2D eigenvalue weighted by molar-refractivity contribution is 6.36. The number of nitrogens with one attached hydrogen (secondary N) is 1. The molecule has 2 aromatic carbocycles. The first-order valence-electron chi connectivity index (χ1n) is 8.22. The molecule has 0 saturated carbocycles. The number of rotatable bonds is 5. The summed E-state index contributed by atoms with van der Waals surface area (Å²) >= 11 is 12.0. The van der Waals surface area contributed by atoms with Crippen LogP contribution in [0.3, 0.4) is 0 Å². The van der Waals surface area contributed by atoms with Crippen LogP contribution in [0.2, 0.25) is 10.0 Å². The molecule has 26 heavy (non-hydrogen) atoms. The number of fused-ring (bicyclic) bond motifs is 1. The number of benzene rings is 2. The molecule has 1 heterocycles. The average Bonchev–Trinajstić information content (AvgIpc) is 2.65. The Labute approximate surface area is 162 Å². The Bertz CT molecular complexity index is 827. The van der Waals surface area contributed by atoms with Crippen LogP contribution in [0.25, 0.3) is 0 Å². The second-order valence-electron chi connectivity index (χ2n) is 6.02. The summed E-state index contributed by atoms with van der Waals surface area (Å²) < 4.78 is 10.7. The summed E-state index contributed by atoms with van der Waals surface area (Å²) in [6.45, 7) is 1.38. The molecule has 1 amide bonds. The van der Waals surface area contributed by atoms with E-state index in [2.05, 4.69) is 5.32 Å². The van der Waals surface area contributed by atoms with Crippen LogP contribution in [0.5, 0.6) is 11.5 Å². The van der Waals surface area contributed by atoms with E-state index in [4.69, 9.17) is 32.7 Å². The highest BCUT2D eigenvalue weighted by atomic mass is 35.5. The van der Waals surface area contributed by atoms with Crippen molar-refractivity contribution in [1.29, 1.82) is 0 Å². The van der Waals surface area contributed by atoms with Crippen LogP contribution >= 0.6 is 23.2 Å². The van der Waals surface area contributed by atoms with Gasteiger partial charge in [-0.25, -0.2) is 0 Å². The molecule has 0 unspecified atom stereocenters. The minimum atomic E-state index is 0.0106. The zero-order chi connectivity index (χ0) is 18.7. The summed E-state index contributed by atoms with van der Waals surface area (Å²) in [5, 5.41) is 4.13. The van der Waals surface area contributed by atoms with Crippen molar-refractivity contribution in [3.63, 3.8) is 0 Å². The van der Waals surface area contributed by atoms with Gasteiger partial charge in [0.2, 0.25) is 5.91 Å². The van der Waals surface area contributed by atoms with Crippen molar-refractivity contribution in [2.45, 2.75) is 13.0 Å². The van der Waals surface area contributed by atoms with E-state index in [9.17, 15) is 4.79 Å². The number of anilines is 1. The molecule has 0 spiro atoms. The van der Waals surface area contributed by atoms with Crippen molar-refractivity contribution >= 4 is 34.8 Å². The van der Waals surface area contributed by atoms with Gasteiger partial charge in [0.15, 0.2) is 11.5 Å². The van der Waals surface area contributed by atoms with Gasteiger partial charge in [0, 0.05) is 18.1 Å². The number of nitrogens with zero attached hydrogens (tertiary/aromatic N) is 1. The molecule has 0 saturated heterocycles. The number of carbonyl (C=O) groups excluding carboxylic acids is 1. The van der Waals surface area contributed by atoms with Crippen LogP contribution < -0.4 is 14.8 Å². The highest BCUT2D eigenvalue weighted by Crippen LogP contribution is 2.33. The number of hydrogen-bond donors (Lipinski definition) is 1. The van der Waals surface area contributed by atoms with E-state index in [0.29, 0.717) is 40.3 Å². The molecule has 1 aliphatic rings. The second-order valence-corrected chi connectivity index (χ2v) is 6.86. The van der Waals surface area contributed by atoms with Crippen molar-refractivity contribution in [3.8, 4) is 11.5 Å². The topological polar surface area (TPSA) is 50.8 Å². The van der Waals surface area contributed by atoms with Gasteiger partial charge in [-0.05, 0) is 47.9 Å². The molecule has 0 bridgehead atoms. The maximum absolute atomic E-state index is 12.6. The van der Waals surface area contributed by atoms with E-state index in [1.54, 1.807) is 32.4 Å². The Morgan fingerprint density at radius 3 is 2.46 bits per heavy atom. The summed E-state index contributed by atoms with van der Waals surface area (Å²) in [6, 6.07) is 9.07. The third kappa shape index (κ3) is 4.00. The molecule has 0 radical (unpaired) electrons. The molecule has 0 aliphatic carbocycles. The zero-order valence-corrected chi connectivity index (χ0v) is 16.2. The van der Waals surface area contributed by atoms with Gasteiger partial charge in [-0.1, -0.05) is 23.2 Å². The highest BCUT2D eigenvalue weighted by Gasteiger charge is 2.22. The molecule has 2 aromatic rings. The Kier molecular flexibility index (Phi) is 5.79. The van der Waals surface area contributed by atoms with Crippen LogP contribution in [-0.4, -0.2) is 38.1 Å². The van der Waals surface area contributed by atoms with E-state index in [-0.39, 0.29) is 12.5 Å². The van der Waals surface area contributed by atoms with Gasteiger partial charge >= 0.3 is 0 Å². The second kappa shape index (κ2) is 8.06. The van der Waals surface area contributed by atoms with Crippen LogP contribution in [0.1, 0.15) is 11.1 Å². The van der Waals surface area contributed by atoms with Gasteiger partial charge in [-0.3, -0.25) is 4.79 Å². The van der Waals surface area contributed by atoms with E-state index >= 15 is 0 Å². The molecule has 1 aliphatic heterocycles. The predicted molar refractivity (Wildman–Crippen MR) is 104 cm³/mol. The fraction of sp³-hybridized carbons (Fsp3) is 0.316. The van der Waals surface area contributed by atoms with Crippen molar-refractivity contribution < 1.29 is 14.3 Å². The summed E-state index contributed by atoms with van der Waals surface area (Å²) in [6.07, 6.45) is 0.781. The van der Waals surface area contributed by atoms with Crippen molar-refractivity contribution in [1.82, 2.24) is 4.90 Å². The minimum Gasteiger partial charge on any atom is -0.493 e. The molecule has 0 fully saturated rings. The minimum absolute atomic E-state index is 0.0106. The molecule has 5 nitrogen and oxygen atoms in total. The summed E-state index contributed by atoms with van der Waals surface area (Å²) in [7, 11) is 3.23. The molecule has 1 N–H and O–H groups in total. The van der Waals surface area contributed by atoms with Crippen LogP contribution in [0, 0.1) is 0 Å². The largest absolute Gasteiger partial charge is 0.493 e.